The van der Waals surface area contributed by atoms with Gasteiger partial charge in [0.25, 0.3) is 10.0 Å². The van der Waals surface area contributed by atoms with Gasteiger partial charge in [-0.3, -0.25) is 4.79 Å². The van der Waals surface area contributed by atoms with Gasteiger partial charge < -0.3 is 9.64 Å². The van der Waals surface area contributed by atoms with Crippen LogP contribution in [0.25, 0.3) is 0 Å². The molecule has 1 aliphatic heterocycles. The third kappa shape index (κ3) is 3.77. The van der Waals surface area contributed by atoms with E-state index in [9.17, 15) is 13.2 Å². The topological polar surface area (TPSA) is 75.7 Å². The van der Waals surface area contributed by atoms with Crippen LogP contribution in [0.3, 0.4) is 0 Å². The maximum Gasteiger partial charge on any atom is 0.250 e. The van der Waals surface area contributed by atoms with Crippen molar-refractivity contribution in [2.24, 2.45) is 0 Å². The van der Waals surface area contributed by atoms with Crippen molar-refractivity contribution in [2.75, 3.05) is 19.6 Å². The fourth-order valence-corrected chi connectivity index (χ4v) is 4.35. The first-order valence-corrected chi connectivity index (χ1v) is 9.85. The van der Waals surface area contributed by atoms with E-state index in [1.807, 2.05) is 31.2 Å². The zero-order chi connectivity index (χ0) is 17.2. The second-order valence-corrected chi connectivity index (χ2v) is 8.50. The molecule has 1 N–H and O–H groups in total. The lowest BCUT2D eigenvalue weighted by molar-refractivity contribution is -0.138. The van der Waals surface area contributed by atoms with Crippen molar-refractivity contribution in [3.05, 3.63) is 47.3 Å². The maximum absolute atomic E-state index is 12.1. The fourth-order valence-electron chi connectivity index (χ4n) is 2.34. The Hall–Kier alpha value is -1.90. The number of aryl methyl sites for hydroxylation is 1. The van der Waals surface area contributed by atoms with Gasteiger partial charge in [-0.25, -0.2) is 13.1 Å². The Morgan fingerprint density at radius 1 is 1.29 bits per heavy atom. The van der Waals surface area contributed by atoms with Gasteiger partial charge in [-0.05, 0) is 30.0 Å². The van der Waals surface area contributed by atoms with Crippen molar-refractivity contribution in [3.63, 3.8) is 0 Å². The summed E-state index contributed by atoms with van der Waals surface area (Å²) in [5, 5.41) is 1.68. The van der Waals surface area contributed by atoms with E-state index in [1.54, 1.807) is 16.3 Å². The van der Waals surface area contributed by atoms with Crippen molar-refractivity contribution in [2.45, 2.75) is 17.2 Å². The average Bonchev–Trinajstić information content (AvgIpc) is 3.05. The second kappa shape index (κ2) is 6.92. The van der Waals surface area contributed by atoms with Crippen LogP contribution in [-0.4, -0.2) is 45.0 Å². The molecule has 0 aliphatic carbocycles. The summed E-state index contributed by atoms with van der Waals surface area (Å²) in [5.74, 6) is 0.563. The number of hydrogen-bond acceptors (Lipinski definition) is 5. The molecule has 1 aromatic heterocycles. The van der Waals surface area contributed by atoms with Crippen LogP contribution in [0.2, 0.25) is 0 Å². The highest BCUT2D eigenvalue weighted by Crippen LogP contribution is 2.21. The minimum absolute atomic E-state index is 0.0519. The lowest BCUT2D eigenvalue weighted by atomic mass is 10.1. The molecule has 1 aliphatic rings. The number of nitrogens with one attached hydrogen (secondary N) is 1. The summed E-state index contributed by atoms with van der Waals surface area (Å²) in [6.07, 6.45) is -0.0519. The van der Waals surface area contributed by atoms with E-state index in [4.69, 9.17) is 4.74 Å². The van der Waals surface area contributed by atoms with Crippen molar-refractivity contribution in [1.29, 1.82) is 0 Å². The zero-order valence-corrected chi connectivity index (χ0v) is 14.8. The minimum atomic E-state index is -3.61. The van der Waals surface area contributed by atoms with Crippen molar-refractivity contribution < 1.29 is 17.9 Å². The van der Waals surface area contributed by atoms with E-state index in [-0.39, 0.29) is 22.8 Å². The van der Waals surface area contributed by atoms with Crippen LogP contribution in [0.1, 0.15) is 5.56 Å². The van der Waals surface area contributed by atoms with Gasteiger partial charge in [-0.1, -0.05) is 24.3 Å². The third-order valence-corrected chi connectivity index (χ3v) is 6.56. The minimum Gasteiger partial charge on any atom is -0.486 e. The molecular formula is C16H18N2O4S2. The van der Waals surface area contributed by atoms with E-state index in [1.165, 1.54) is 6.07 Å². The van der Waals surface area contributed by atoms with Crippen LogP contribution in [-0.2, 0) is 14.8 Å². The zero-order valence-electron chi connectivity index (χ0n) is 13.1. The van der Waals surface area contributed by atoms with Crippen LogP contribution in [0.5, 0.6) is 5.75 Å². The molecule has 0 saturated carbocycles. The summed E-state index contributed by atoms with van der Waals surface area (Å²) < 4.78 is 32.3. The van der Waals surface area contributed by atoms with Crippen molar-refractivity contribution in [3.8, 4) is 5.75 Å². The molecule has 2 aromatic rings. The number of carbonyl (C=O) groups excluding carboxylic acids is 1. The molecule has 1 saturated heterocycles. The molecule has 0 bridgehead atoms. The maximum atomic E-state index is 12.1. The van der Waals surface area contributed by atoms with Crippen LogP contribution >= 0.6 is 11.3 Å². The number of thiophene rings is 1. The number of hydrogen-bond donors (Lipinski definition) is 1. The first kappa shape index (κ1) is 16.9. The second-order valence-electron chi connectivity index (χ2n) is 5.56. The van der Waals surface area contributed by atoms with Crippen LogP contribution in [0.4, 0.5) is 0 Å². The summed E-state index contributed by atoms with van der Waals surface area (Å²) in [6, 6.07) is 10.9. The number of rotatable bonds is 6. The van der Waals surface area contributed by atoms with E-state index in [0.29, 0.717) is 13.1 Å². The first-order valence-electron chi connectivity index (χ1n) is 7.49. The Labute approximate surface area is 145 Å². The molecule has 3 rings (SSSR count). The number of amides is 1. The molecule has 128 valence electrons. The average molecular weight is 366 g/mol. The largest absolute Gasteiger partial charge is 0.486 e. The van der Waals surface area contributed by atoms with Gasteiger partial charge in [0.2, 0.25) is 5.91 Å². The molecule has 0 unspecified atom stereocenters. The molecule has 0 atom stereocenters. The summed E-state index contributed by atoms with van der Waals surface area (Å²) in [6.45, 7) is 2.66. The van der Waals surface area contributed by atoms with Crippen LogP contribution < -0.4 is 9.46 Å². The van der Waals surface area contributed by atoms with Gasteiger partial charge in [-0.2, -0.15) is 0 Å². The molecule has 1 fully saturated rings. The van der Waals surface area contributed by atoms with Gasteiger partial charge in [-0.15, -0.1) is 11.3 Å². The van der Waals surface area contributed by atoms with Crippen molar-refractivity contribution >= 4 is 27.3 Å². The molecule has 1 amide bonds. The van der Waals surface area contributed by atoms with Gasteiger partial charge >= 0.3 is 0 Å². The summed E-state index contributed by atoms with van der Waals surface area (Å²) in [5.41, 5.74) is 1.05. The predicted octanol–water partition coefficient (Wildman–Crippen LogP) is 1.62. The Morgan fingerprint density at radius 3 is 2.71 bits per heavy atom. The summed E-state index contributed by atoms with van der Waals surface area (Å²) >= 11 is 1.12. The Bertz CT molecular complexity index is 812. The number of benzene rings is 1. The fraction of sp³-hybridized carbons (Fsp3) is 0.312. The highest BCUT2D eigenvalue weighted by Gasteiger charge is 2.32. The monoisotopic (exact) mass is 366 g/mol. The van der Waals surface area contributed by atoms with Crippen LogP contribution in [0, 0.1) is 6.92 Å². The van der Waals surface area contributed by atoms with Gasteiger partial charge in [0.05, 0.1) is 19.6 Å². The quantitative estimate of drug-likeness (QED) is 0.843. The van der Waals surface area contributed by atoms with Gasteiger partial charge in [0.1, 0.15) is 16.1 Å². The Kier molecular flexibility index (Phi) is 4.88. The Morgan fingerprint density at radius 2 is 2.04 bits per heavy atom. The number of para-hydroxylation sites is 1. The molecule has 8 heteroatoms. The Balaban J connectivity index is 1.46. The summed E-state index contributed by atoms with van der Waals surface area (Å²) in [4.78, 5) is 13.6. The normalized spacial score (nSPS) is 15.1. The smallest absolute Gasteiger partial charge is 0.250 e. The molecule has 0 radical (unpaired) electrons. The van der Waals surface area contributed by atoms with E-state index in [0.717, 1.165) is 22.6 Å². The molecule has 0 spiro atoms. The number of carbonyl (C=O) groups is 1. The SMILES string of the molecule is Cc1ccccc1OC1CN(C(=O)CNS(=O)(=O)c2cccs2)C1. The number of likely N-dealkylation sites (tertiary alicyclic amines) is 1. The molecule has 2 heterocycles. The van der Waals surface area contributed by atoms with Crippen LogP contribution in [0.15, 0.2) is 46.0 Å². The molecule has 24 heavy (non-hydrogen) atoms. The predicted molar refractivity (Wildman–Crippen MR) is 91.7 cm³/mol. The highest BCUT2D eigenvalue weighted by atomic mass is 32.2. The number of sulfonamides is 1. The lowest BCUT2D eigenvalue weighted by Crippen LogP contribution is -2.58. The molecular weight excluding hydrogens is 348 g/mol. The third-order valence-electron chi connectivity index (χ3n) is 3.76. The molecule has 6 nitrogen and oxygen atoms in total. The van der Waals surface area contributed by atoms with E-state index >= 15 is 0 Å². The number of ether oxygens (including phenoxy) is 1. The van der Waals surface area contributed by atoms with Crippen molar-refractivity contribution in [1.82, 2.24) is 9.62 Å². The van der Waals surface area contributed by atoms with Gasteiger partial charge in [0, 0.05) is 0 Å². The standard InChI is InChI=1S/C16H18N2O4S2/c1-12-5-2-3-6-14(12)22-13-10-18(11-13)15(19)9-17-24(20,21)16-7-4-8-23-16/h2-8,13,17H,9-11H2,1H3. The van der Waals surface area contributed by atoms with E-state index < -0.39 is 10.0 Å². The first-order chi connectivity index (χ1) is 11.5. The highest BCUT2D eigenvalue weighted by molar-refractivity contribution is 7.91. The molecule has 1 aromatic carbocycles. The van der Waals surface area contributed by atoms with Gasteiger partial charge in [0.15, 0.2) is 0 Å². The lowest BCUT2D eigenvalue weighted by Gasteiger charge is -2.39. The number of nitrogens with zero attached hydrogens (tertiary/aromatic N) is 1. The summed E-state index contributed by atoms with van der Waals surface area (Å²) in [7, 11) is -3.61. The van der Waals surface area contributed by atoms with E-state index in [2.05, 4.69) is 4.72 Å².